The molecule has 1 aliphatic rings. The Morgan fingerprint density at radius 1 is 1.04 bits per heavy atom. The summed E-state index contributed by atoms with van der Waals surface area (Å²) < 4.78 is 5.40. The first kappa shape index (κ1) is 22.1. The van der Waals surface area contributed by atoms with Crippen molar-refractivity contribution in [2.45, 2.75) is 26.6 Å². The van der Waals surface area contributed by atoms with Gasteiger partial charge in [-0.2, -0.15) is 0 Å². The van der Waals surface area contributed by atoms with Gasteiger partial charge >= 0.3 is 0 Å². The molecule has 7 heteroatoms. The Morgan fingerprint density at radius 2 is 1.70 bits per heavy atom. The number of guanidine groups is 1. The van der Waals surface area contributed by atoms with Crippen molar-refractivity contribution in [1.82, 2.24) is 15.5 Å². The molecular weight excluding hydrogens is 471 g/mol. The number of hydrogen-bond acceptors (Lipinski definition) is 4. The summed E-state index contributed by atoms with van der Waals surface area (Å²) in [7, 11) is 1.81. The lowest BCUT2D eigenvalue weighted by molar-refractivity contribution is 0.0342. The topological polar surface area (TPSA) is 48.9 Å². The van der Waals surface area contributed by atoms with Crippen LogP contribution in [-0.4, -0.2) is 44.2 Å². The van der Waals surface area contributed by atoms with Crippen molar-refractivity contribution in [3.63, 3.8) is 0 Å². The third-order valence-electron chi connectivity index (χ3n) is 4.44. The molecule has 27 heavy (non-hydrogen) atoms. The molecule has 0 atom stereocenters. The van der Waals surface area contributed by atoms with Crippen LogP contribution >= 0.6 is 35.3 Å². The molecule has 0 amide bonds. The first-order valence-corrected chi connectivity index (χ1v) is 9.92. The molecule has 0 radical (unpaired) electrons. The van der Waals surface area contributed by atoms with Crippen LogP contribution in [0, 0.1) is 6.92 Å². The Labute approximate surface area is 183 Å². The Kier molecular flexibility index (Phi) is 9.53. The van der Waals surface area contributed by atoms with E-state index < -0.39 is 0 Å². The van der Waals surface area contributed by atoms with E-state index in [4.69, 9.17) is 4.74 Å². The van der Waals surface area contributed by atoms with Crippen LogP contribution in [0.15, 0.2) is 41.4 Å². The summed E-state index contributed by atoms with van der Waals surface area (Å²) in [6, 6.07) is 13.1. The molecule has 0 aliphatic carbocycles. The molecule has 0 unspecified atom stereocenters. The number of aliphatic imine (C=N–C) groups is 1. The van der Waals surface area contributed by atoms with Crippen LogP contribution in [0.4, 0.5) is 0 Å². The number of halogens is 1. The molecule has 0 saturated carbocycles. The van der Waals surface area contributed by atoms with Crippen LogP contribution in [0.1, 0.15) is 20.9 Å². The first-order chi connectivity index (χ1) is 12.7. The third kappa shape index (κ3) is 7.40. The molecule has 3 rings (SSSR count). The number of nitrogens with one attached hydrogen (secondary N) is 2. The van der Waals surface area contributed by atoms with Crippen molar-refractivity contribution >= 4 is 41.3 Å². The highest BCUT2D eigenvalue weighted by Gasteiger charge is 2.10. The van der Waals surface area contributed by atoms with Crippen LogP contribution in [0.3, 0.4) is 0 Å². The minimum atomic E-state index is 0. The largest absolute Gasteiger partial charge is 0.379 e. The number of hydrogen-bond donors (Lipinski definition) is 2. The van der Waals surface area contributed by atoms with E-state index in [1.54, 1.807) is 7.05 Å². The summed E-state index contributed by atoms with van der Waals surface area (Å²) in [6.07, 6.45) is 0. The lowest BCUT2D eigenvalue weighted by Crippen LogP contribution is -2.36. The maximum atomic E-state index is 5.40. The first-order valence-electron chi connectivity index (χ1n) is 9.10. The van der Waals surface area contributed by atoms with Crippen molar-refractivity contribution in [3.05, 3.63) is 57.3 Å². The highest BCUT2D eigenvalue weighted by molar-refractivity contribution is 14.0. The number of aryl methyl sites for hydroxylation is 1. The molecule has 1 fully saturated rings. The number of benzene rings is 1. The smallest absolute Gasteiger partial charge is 0.191 e. The Morgan fingerprint density at radius 3 is 2.33 bits per heavy atom. The van der Waals surface area contributed by atoms with Crippen LogP contribution < -0.4 is 10.6 Å². The van der Waals surface area contributed by atoms with E-state index in [1.807, 2.05) is 11.3 Å². The highest BCUT2D eigenvalue weighted by atomic mass is 127. The minimum Gasteiger partial charge on any atom is -0.379 e. The predicted octanol–water partition coefficient (Wildman–Crippen LogP) is 3.37. The van der Waals surface area contributed by atoms with Crippen molar-refractivity contribution < 1.29 is 4.74 Å². The zero-order chi connectivity index (χ0) is 18.2. The zero-order valence-corrected chi connectivity index (χ0v) is 19.2. The summed E-state index contributed by atoms with van der Waals surface area (Å²) in [4.78, 5) is 9.39. The summed E-state index contributed by atoms with van der Waals surface area (Å²) in [6.45, 7) is 8.44. The van der Waals surface area contributed by atoms with E-state index in [1.165, 1.54) is 20.9 Å². The second-order valence-corrected chi connectivity index (χ2v) is 7.87. The standard InChI is InChI=1S/C20H28N4OS.HI/c1-16-3-8-19(26-16)14-23-20(21-2)22-13-17-4-6-18(7-5-17)15-24-9-11-25-12-10-24;/h3-8H,9-15H2,1-2H3,(H2,21,22,23);1H. The summed E-state index contributed by atoms with van der Waals surface area (Å²) in [5, 5.41) is 6.75. The maximum absolute atomic E-state index is 5.40. The Bertz CT molecular complexity index is 711. The molecule has 148 valence electrons. The third-order valence-corrected chi connectivity index (χ3v) is 5.44. The van der Waals surface area contributed by atoms with E-state index in [-0.39, 0.29) is 24.0 Å². The molecule has 2 aromatic rings. The fourth-order valence-corrected chi connectivity index (χ4v) is 3.77. The Hall–Kier alpha value is -1.16. The number of thiophene rings is 1. The van der Waals surface area contributed by atoms with Gasteiger partial charge in [0.2, 0.25) is 0 Å². The quantitative estimate of drug-likeness (QED) is 0.363. The molecule has 5 nitrogen and oxygen atoms in total. The second kappa shape index (κ2) is 11.6. The van der Waals surface area contributed by atoms with Crippen LogP contribution in [0.5, 0.6) is 0 Å². The number of morpholine rings is 1. The van der Waals surface area contributed by atoms with Crippen molar-refractivity contribution in [2.75, 3.05) is 33.4 Å². The van der Waals surface area contributed by atoms with Crippen molar-refractivity contribution in [3.8, 4) is 0 Å². The average molecular weight is 500 g/mol. The molecule has 1 aromatic heterocycles. The SMILES string of the molecule is CN=C(NCc1ccc(CN2CCOCC2)cc1)NCc1ccc(C)s1.I. The van der Waals surface area contributed by atoms with Gasteiger partial charge in [0.1, 0.15) is 0 Å². The fourth-order valence-electron chi connectivity index (χ4n) is 2.94. The summed E-state index contributed by atoms with van der Waals surface area (Å²) in [5.41, 5.74) is 2.61. The van der Waals surface area contributed by atoms with Gasteiger partial charge in [-0.3, -0.25) is 9.89 Å². The average Bonchev–Trinajstić information content (AvgIpc) is 3.09. The van der Waals surface area contributed by atoms with Gasteiger partial charge in [-0.1, -0.05) is 24.3 Å². The van der Waals surface area contributed by atoms with Gasteiger partial charge in [-0.05, 0) is 30.2 Å². The molecule has 1 saturated heterocycles. The van der Waals surface area contributed by atoms with Crippen LogP contribution in [0.2, 0.25) is 0 Å². The van der Waals surface area contributed by atoms with E-state index in [9.17, 15) is 0 Å². The van der Waals surface area contributed by atoms with E-state index in [0.29, 0.717) is 0 Å². The van der Waals surface area contributed by atoms with E-state index >= 15 is 0 Å². The molecular formula is C20H29IN4OS. The second-order valence-electron chi connectivity index (χ2n) is 6.50. The highest BCUT2D eigenvalue weighted by Crippen LogP contribution is 2.14. The molecule has 1 aliphatic heterocycles. The molecule has 0 bridgehead atoms. The van der Waals surface area contributed by atoms with Gasteiger partial charge in [0.15, 0.2) is 5.96 Å². The van der Waals surface area contributed by atoms with Gasteiger partial charge in [0, 0.05) is 43.0 Å². The summed E-state index contributed by atoms with van der Waals surface area (Å²) in [5.74, 6) is 0.827. The number of nitrogens with zero attached hydrogens (tertiary/aromatic N) is 2. The van der Waals surface area contributed by atoms with Gasteiger partial charge < -0.3 is 15.4 Å². The lowest BCUT2D eigenvalue weighted by Gasteiger charge is -2.26. The lowest BCUT2D eigenvalue weighted by atomic mass is 10.1. The Balaban J connectivity index is 0.00000261. The van der Waals surface area contributed by atoms with Crippen molar-refractivity contribution in [1.29, 1.82) is 0 Å². The van der Waals surface area contributed by atoms with Crippen molar-refractivity contribution in [2.24, 2.45) is 4.99 Å². The number of ether oxygens (including phenoxy) is 1. The molecule has 2 heterocycles. The van der Waals surface area contributed by atoms with Crippen LogP contribution in [0.25, 0.3) is 0 Å². The number of rotatable bonds is 6. The monoisotopic (exact) mass is 500 g/mol. The maximum Gasteiger partial charge on any atom is 0.191 e. The molecule has 0 spiro atoms. The summed E-state index contributed by atoms with van der Waals surface area (Å²) >= 11 is 1.81. The van der Waals surface area contributed by atoms with Crippen LogP contribution in [-0.2, 0) is 24.4 Å². The van der Waals surface area contributed by atoms with Gasteiger partial charge in [0.25, 0.3) is 0 Å². The van der Waals surface area contributed by atoms with Gasteiger partial charge in [-0.15, -0.1) is 35.3 Å². The van der Waals surface area contributed by atoms with E-state index in [0.717, 1.165) is 51.9 Å². The van der Waals surface area contributed by atoms with Gasteiger partial charge in [-0.25, -0.2) is 0 Å². The minimum absolute atomic E-state index is 0. The van der Waals surface area contributed by atoms with Gasteiger partial charge in [0.05, 0.1) is 19.8 Å². The molecule has 2 N–H and O–H groups in total. The zero-order valence-electron chi connectivity index (χ0n) is 16.0. The fraction of sp³-hybridized carbons (Fsp3) is 0.450. The normalized spacial score (nSPS) is 15.3. The molecule has 1 aromatic carbocycles. The predicted molar refractivity (Wildman–Crippen MR) is 124 cm³/mol. The van der Waals surface area contributed by atoms with E-state index in [2.05, 4.69) is 63.8 Å².